The zero-order valence-electron chi connectivity index (χ0n) is 9.99. The lowest BCUT2D eigenvalue weighted by Crippen LogP contribution is -2.44. The van der Waals surface area contributed by atoms with Gasteiger partial charge in [-0.25, -0.2) is 0 Å². The van der Waals surface area contributed by atoms with E-state index in [9.17, 15) is 0 Å². The van der Waals surface area contributed by atoms with E-state index in [0.29, 0.717) is 16.9 Å². The van der Waals surface area contributed by atoms with Crippen LogP contribution in [0.2, 0.25) is 0 Å². The smallest absolute Gasteiger partial charge is 0.0643 e. The lowest BCUT2D eigenvalue weighted by Gasteiger charge is -2.43. The SMILES string of the molecule is C[C@]12[C@@H]3C=C[C@H]1C[C@@H]1CO[C@H]4CC[C@@H](C3)C142. The van der Waals surface area contributed by atoms with Gasteiger partial charge in [-0.15, -0.1) is 0 Å². The van der Waals surface area contributed by atoms with Gasteiger partial charge in [-0.2, -0.15) is 0 Å². The molecule has 4 aliphatic carbocycles. The predicted octanol–water partition coefficient (Wildman–Crippen LogP) is 3.01. The van der Waals surface area contributed by atoms with Crippen LogP contribution < -0.4 is 0 Å². The van der Waals surface area contributed by atoms with Gasteiger partial charge in [0.25, 0.3) is 0 Å². The molecule has 1 unspecified atom stereocenters. The van der Waals surface area contributed by atoms with Gasteiger partial charge in [0.2, 0.25) is 0 Å². The van der Waals surface area contributed by atoms with Gasteiger partial charge in [-0.05, 0) is 54.8 Å². The first-order chi connectivity index (χ1) is 7.78. The summed E-state index contributed by atoms with van der Waals surface area (Å²) in [6, 6.07) is 0. The molecule has 7 atom stereocenters. The summed E-state index contributed by atoms with van der Waals surface area (Å²) in [5.74, 6) is 3.67. The largest absolute Gasteiger partial charge is 0.377 e. The molecular weight excluding hydrogens is 196 g/mol. The van der Waals surface area contributed by atoms with Crippen LogP contribution in [0.5, 0.6) is 0 Å². The van der Waals surface area contributed by atoms with Crippen molar-refractivity contribution in [2.45, 2.75) is 38.7 Å². The Morgan fingerprint density at radius 1 is 1.06 bits per heavy atom. The zero-order valence-corrected chi connectivity index (χ0v) is 9.99. The summed E-state index contributed by atoms with van der Waals surface area (Å²) in [7, 11) is 0. The van der Waals surface area contributed by atoms with Gasteiger partial charge >= 0.3 is 0 Å². The van der Waals surface area contributed by atoms with Crippen molar-refractivity contribution in [2.75, 3.05) is 6.61 Å². The van der Waals surface area contributed by atoms with Crippen LogP contribution in [-0.4, -0.2) is 12.7 Å². The summed E-state index contributed by atoms with van der Waals surface area (Å²) in [6.45, 7) is 3.68. The van der Waals surface area contributed by atoms with E-state index in [1.54, 1.807) is 0 Å². The topological polar surface area (TPSA) is 9.23 Å². The van der Waals surface area contributed by atoms with Crippen LogP contribution in [0.25, 0.3) is 0 Å². The number of allylic oxidation sites excluding steroid dienone is 2. The molecule has 0 N–H and O–H groups in total. The molecule has 0 amide bonds. The summed E-state index contributed by atoms with van der Waals surface area (Å²) in [4.78, 5) is 0. The molecule has 1 heterocycles. The highest BCUT2D eigenvalue weighted by Crippen LogP contribution is 2.80. The summed E-state index contributed by atoms with van der Waals surface area (Å²) < 4.78 is 6.18. The third kappa shape index (κ3) is 0.580. The molecule has 1 aliphatic heterocycles. The van der Waals surface area contributed by atoms with Crippen LogP contribution >= 0.6 is 0 Å². The van der Waals surface area contributed by atoms with E-state index in [1.807, 2.05) is 0 Å². The molecule has 3 saturated carbocycles. The lowest BCUT2D eigenvalue weighted by atomic mass is 9.60. The molecule has 0 aromatic heterocycles. The maximum Gasteiger partial charge on any atom is 0.0643 e. The Kier molecular flexibility index (Phi) is 1.25. The second-order valence-corrected chi connectivity index (χ2v) is 7.08. The zero-order chi connectivity index (χ0) is 10.5. The standard InChI is InChI=1S/C15H20O/c1-14-9-2-3-10(14)7-12-8-16-13-5-4-11(6-9)15(12,13)14/h2-3,9-13H,4-8H2,1H3/t9-,10+,11+,12-,13+,14+,15?/m1/s1. The minimum atomic E-state index is 0.583. The van der Waals surface area contributed by atoms with E-state index in [4.69, 9.17) is 4.74 Å². The van der Waals surface area contributed by atoms with E-state index in [-0.39, 0.29) is 0 Å². The predicted molar refractivity (Wildman–Crippen MR) is 61.8 cm³/mol. The third-order valence-electron chi connectivity index (χ3n) is 7.29. The Balaban J connectivity index is 1.81. The van der Waals surface area contributed by atoms with E-state index < -0.39 is 0 Å². The van der Waals surface area contributed by atoms with Gasteiger partial charge in [-0.3, -0.25) is 0 Å². The third-order valence-corrected chi connectivity index (χ3v) is 7.29. The van der Waals surface area contributed by atoms with Crippen LogP contribution in [0.15, 0.2) is 12.2 Å². The van der Waals surface area contributed by atoms with E-state index >= 15 is 0 Å². The molecule has 1 saturated heterocycles. The van der Waals surface area contributed by atoms with E-state index in [2.05, 4.69) is 19.1 Å². The number of ether oxygens (including phenoxy) is 1. The summed E-state index contributed by atoms with van der Waals surface area (Å²) >= 11 is 0. The second-order valence-electron chi connectivity index (χ2n) is 7.08. The first-order valence-corrected chi connectivity index (χ1v) is 7.08. The number of hydrogen-bond donors (Lipinski definition) is 0. The molecule has 1 spiro atoms. The monoisotopic (exact) mass is 216 g/mol. The van der Waals surface area contributed by atoms with Crippen molar-refractivity contribution in [3.8, 4) is 0 Å². The van der Waals surface area contributed by atoms with Crippen LogP contribution in [-0.2, 0) is 4.74 Å². The molecular formula is C15H20O. The molecule has 0 radical (unpaired) electrons. The normalized spacial score (nSPS) is 68.9. The average Bonchev–Trinajstić information content (AvgIpc) is 2.93. The minimum absolute atomic E-state index is 0.583. The van der Waals surface area contributed by atoms with Gasteiger partial charge in [0.05, 0.1) is 12.7 Å². The van der Waals surface area contributed by atoms with Crippen molar-refractivity contribution in [2.24, 2.45) is 34.5 Å². The fourth-order valence-corrected chi connectivity index (χ4v) is 6.93. The van der Waals surface area contributed by atoms with Crippen molar-refractivity contribution < 1.29 is 4.74 Å². The molecule has 86 valence electrons. The van der Waals surface area contributed by atoms with Gasteiger partial charge in [-0.1, -0.05) is 19.1 Å². The Morgan fingerprint density at radius 3 is 2.62 bits per heavy atom. The minimum Gasteiger partial charge on any atom is -0.377 e. The highest BCUT2D eigenvalue weighted by Gasteiger charge is 2.78. The second kappa shape index (κ2) is 2.29. The molecule has 4 fully saturated rings. The lowest BCUT2D eigenvalue weighted by molar-refractivity contribution is -0.0140. The summed E-state index contributed by atoms with van der Waals surface area (Å²) in [5, 5.41) is 0. The van der Waals surface area contributed by atoms with Crippen LogP contribution in [0.1, 0.15) is 32.6 Å². The molecule has 0 bridgehead atoms. The van der Waals surface area contributed by atoms with Gasteiger partial charge < -0.3 is 4.74 Å². The van der Waals surface area contributed by atoms with Gasteiger partial charge in [0.15, 0.2) is 0 Å². The quantitative estimate of drug-likeness (QED) is 0.566. The molecule has 1 heteroatoms. The van der Waals surface area contributed by atoms with Crippen molar-refractivity contribution in [3.05, 3.63) is 12.2 Å². The molecule has 5 aliphatic rings. The molecule has 5 rings (SSSR count). The van der Waals surface area contributed by atoms with E-state index in [0.717, 1.165) is 30.3 Å². The van der Waals surface area contributed by atoms with Crippen LogP contribution in [0.4, 0.5) is 0 Å². The van der Waals surface area contributed by atoms with Crippen molar-refractivity contribution >= 4 is 0 Å². The maximum absolute atomic E-state index is 6.18. The number of rotatable bonds is 0. The first kappa shape index (κ1) is 8.74. The summed E-state index contributed by atoms with van der Waals surface area (Å²) in [6.07, 6.45) is 11.5. The Hall–Kier alpha value is -0.300. The van der Waals surface area contributed by atoms with Crippen LogP contribution in [0.3, 0.4) is 0 Å². The highest BCUT2D eigenvalue weighted by atomic mass is 16.5. The Bertz CT molecular complexity index is 368. The van der Waals surface area contributed by atoms with Crippen molar-refractivity contribution in [1.82, 2.24) is 0 Å². The molecule has 0 aromatic carbocycles. The van der Waals surface area contributed by atoms with Crippen molar-refractivity contribution in [1.29, 1.82) is 0 Å². The molecule has 1 nitrogen and oxygen atoms in total. The van der Waals surface area contributed by atoms with Gasteiger partial charge in [0, 0.05) is 5.41 Å². The Labute approximate surface area is 97.2 Å². The highest BCUT2D eigenvalue weighted by molar-refractivity contribution is 5.32. The van der Waals surface area contributed by atoms with Gasteiger partial charge in [0.1, 0.15) is 0 Å². The molecule has 0 aromatic rings. The first-order valence-electron chi connectivity index (χ1n) is 7.08. The maximum atomic E-state index is 6.18. The fourth-order valence-electron chi connectivity index (χ4n) is 6.93. The van der Waals surface area contributed by atoms with Crippen molar-refractivity contribution in [3.63, 3.8) is 0 Å². The number of hydrogen-bond acceptors (Lipinski definition) is 1. The summed E-state index contributed by atoms with van der Waals surface area (Å²) in [5.41, 5.74) is 1.19. The van der Waals surface area contributed by atoms with Crippen LogP contribution in [0, 0.1) is 34.5 Å². The fraction of sp³-hybridized carbons (Fsp3) is 0.867. The molecule has 16 heavy (non-hydrogen) atoms. The Morgan fingerprint density at radius 2 is 1.81 bits per heavy atom. The van der Waals surface area contributed by atoms with E-state index in [1.165, 1.54) is 25.7 Å². The average molecular weight is 216 g/mol.